The second-order valence-electron chi connectivity index (χ2n) is 9.12. The summed E-state index contributed by atoms with van der Waals surface area (Å²) >= 11 is 0. The van der Waals surface area contributed by atoms with Crippen LogP contribution in [0.2, 0.25) is 0 Å². The third-order valence-corrected chi connectivity index (χ3v) is 6.50. The van der Waals surface area contributed by atoms with Crippen molar-refractivity contribution in [3.8, 4) is 28.7 Å². The summed E-state index contributed by atoms with van der Waals surface area (Å²) in [5, 5.41) is 0.811. The lowest BCUT2D eigenvalue weighted by Gasteiger charge is -2.16. The maximum Gasteiger partial charge on any atom is 0.347 e. The topological polar surface area (TPSA) is 95.4 Å². The lowest BCUT2D eigenvalue weighted by Crippen LogP contribution is -2.11. The number of rotatable bonds is 9. The minimum Gasteiger partial charge on any atom is -0.493 e. The van der Waals surface area contributed by atoms with Crippen LogP contribution in [0.15, 0.2) is 85.2 Å². The van der Waals surface area contributed by atoms with Gasteiger partial charge in [-0.05, 0) is 54.8 Å². The van der Waals surface area contributed by atoms with Gasteiger partial charge in [0, 0.05) is 11.1 Å². The fraction of sp³-hybridized carbons (Fsp3) is 0.267. The summed E-state index contributed by atoms with van der Waals surface area (Å²) in [6, 6.07) is 19.4. The molecule has 7 nitrogen and oxygen atoms in total. The molecule has 0 aliphatic rings. The molecule has 7 heteroatoms. The summed E-state index contributed by atoms with van der Waals surface area (Å²) in [5.41, 5.74) is 1.15. The largest absolute Gasteiger partial charge is 0.493 e. The number of hydrogen-bond donors (Lipinski definition) is 0. The lowest BCUT2D eigenvalue weighted by molar-refractivity contribution is 0.233. The highest BCUT2D eigenvalue weighted by atomic mass is 16.5. The van der Waals surface area contributed by atoms with Gasteiger partial charge in [-0.3, -0.25) is 0 Å². The van der Waals surface area contributed by atoms with Gasteiger partial charge in [0.1, 0.15) is 5.75 Å². The Morgan fingerprint density at radius 3 is 1.84 bits per heavy atom. The Morgan fingerprint density at radius 1 is 0.784 bits per heavy atom. The van der Waals surface area contributed by atoms with Crippen LogP contribution in [-0.4, -0.2) is 16.6 Å². The Balaban J connectivity index is 1.61. The maximum atomic E-state index is 12.6. The average Bonchev–Trinajstić information content (AvgIpc) is 2.93. The number of unbranched alkanes of at least 4 members (excludes halogenated alkanes) is 1. The van der Waals surface area contributed by atoms with Gasteiger partial charge in [-0.2, -0.15) is 0 Å². The van der Waals surface area contributed by atoms with Gasteiger partial charge in [0.25, 0.3) is 0 Å². The molecule has 0 saturated carbocycles. The van der Waals surface area contributed by atoms with E-state index in [-0.39, 0.29) is 11.8 Å². The Hall–Kier alpha value is -4.26. The Bertz CT molecular complexity index is 1560. The molecule has 188 valence electrons. The van der Waals surface area contributed by atoms with Crippen molar-refractivity contribution in [1.82, 2.24) is 9.97 Å². The molecule has 0 aliphatic carbocycles. The Morgan fingerprint density at radius 2 is 1.32 bits per heavy atom. The van der Waals surface area contributed by atoms with Crippen LogP contribution >= 0.6 is 0 Å². The third kappa shape index (κ3) is 5.31. The summed E-state index contributed by atoms with van der Waals surface area (Å²) in [6.45, 7) is 4.88. The first-order valence-electron chi connectivity index (χ1n) is 12.6. The molecule has 5 aromatic rings. The number of para-hydroxylation sites is 2. The average molecular weight is 497 g/mol. The molecule has 2 heterocycles. The Labute approximate surface area is 213 Å². The zero-order chi connectivity index (χ0) is 25.8. The molecule has 0 radical (unpaired) electrons. The second-order valence-corrected chi connectivity index (χ2v) is 9.12. The number of fused-ring (bicyclic) bond motifs is 2. The van der Waals surface area contributed by atoms with Gasteiger partial charge in [-0.25, -0.2) is 19.6 Å². The number of aromatic nitrogens is 2. The summed E-state index contributed by atoms with van der Waals surface area (Å²) in [6.07, 6.45) is 4.37. The molecule has 1 atom stereocenters. The van der Waals surface area contributed by atoms with Crippen LogP contribution in [-0.2, 0) is 0 Å². The molecule has 0 amide bonds. The smallest absolute Gasteiger partial charge is 0.347 e. The molecule has 1 unspecified atom stereocenters. The summed E-state index contributed by atoms with van der Waals surface area (Å²) < 4.78 is 17.4. The number of hydrogen-bond acceptors (Lipinski definition) is 7. The van der Waals surface area contributed by atoms with Crippen LogP contribution in [0.25, 0.3) is 44.7 Å². The summed E-state index contributed by atoms with van der Waals surface area (Å²) in [4.78, 5) is 34.4. The monoisotopic (exact) mass is 496 g/mol. The van der Waals surface area contributed by atoms with Gasteiger partial charge in [-0.15, -0.1) is 0 Å². The van der Waals surface area contributed by atoms with E-state index < -0.39 is 11.3 Å². The summed E-state index contributed by atoms with van der Waals surface area (Å²) in [7, 11) is 0. The highest BCUT2D eigenvalue weighted by Gasteiger charge is 2.16. The van der Waals surface area contributed by atoms with E-state index in [1.54, 1.807) is 54.6 Å². The number of nitrogens with zero attached hydrogens (tertiary/aromatic N) is 2. The fourth-order valence-electron chi connectivity index (χ4n) is 4.33. The van der Waals surface area contributed by atoms with Gasteiger partial charge in [0.15, 0.2) is 0 Å². The minimum absolute atomic E-state index is 0.150. The maximum absolute atomic E-state index is 12.6. The molecule has 0 N–H and O–H groups in total. The zero-order valence-corrected chi connectivity index (χ0v) is 20.9. The molecule has 0 fully saturated rings. The van der Waals surface area contributed by atoms with E-state index in [1.165, 1.54) is 0 Å². The normalized spacial score (nSPS) is 12.2. The molecule has 0 saturated heterocycles. The fourth-order valence-corrected chi connectivity index (χ4v) is 4.33. The minimum atomic E-state index is -0.477. The van der Waals surface area contributed by atoms with E-state index in [0.717, 1.165) is 25.7 Å². The highest BCUT2D eigenvalue weighted by molar-refractivity contribution is 5.80. The van der Waals surface area contributed by atoms with E-state index in [4.69, 9.17) is 13.6 Å². The van der Waals surface area contributed by atoms with Crippen molar-refractivity contribution >= 4 is 21.8 Å². The van der Waals surface area contributed by atoms with Crippen molar-refractivity contribution in [2.75, 3.05) is 6.61 Å². The van der Waals surface area contributed by atoms with Gasteiger partial charge in [0.2, 0.25) is 11.8 Å². The third-order valence-electron chi connectivity index (χ3n) is 6.50. The first-order chi connectivity index (χ1) is 18.1. The molecule has 2 aromatic heterocycles. The zero-order valence-electron chi connectivity index (χ0n) is 20.9. The highest BCUT2D eigenvalue weighted by Crippen LogP contribution is 2.31. The molecule has 37 heavy (non-hydrogen) atoms. The van der Waals surface area contributed by atoms with Crippen molar-refractivity contribution in [1.29, 1.82) is 0 Å². The van der Waals surface area contributed by atoms with Gasteiger partial charge in [0.05, 0.1) is 28.4 Å². The van der Waals surface area contributed by atoms with Crippen LogP contribution in [0, 0.1) is 5.92 Å². The lowest BCUT2D eigenvalue weighted by atomic mass is 10.0. The molecule has 0 spiro atoms. The van der Waals surface area contributed by atoms with E-state index in [0.29, 0.717) is 51.2 Å². The summed E-state index contributed by atoms with van der Waals surface area (Å²) in [5.74, 6) is 1.27. The van der Waals surface area contributed by atoms with Crippen molar-refractivity contribution < 1.29 is 13.6 Å². The SMILES string of the molecule is CCCCC(CC)COc1cc(-c2nc3ccccc3c(=O)o2)cc(-c2nc3ccccc3c(=O)o2)c1. The standard InChI is InChI=1S/C30H28N2O5/c1-3-5-10-19(4-2)18-35-22-16-20(27-31-25-13-8-6-11-23(25)29(33)36-27)15-21(17-22)28-32-26-14-9-7-12-24(26)30(34)37-28/h6-9,11-17,19H,3-5,10,18H2,1-2H3. The molecular formula is C30H28N2O5. The van der Waals surface area contributed by atoms with Crippen molar-refractivity contribution in [2.45, 2.75) is 39.5 Å². The van der Waals surface area contributed by atoms with Crippen LogP contribution in [0.5, 0.6) is 5.75 Å². The van der Waals surface area contributed by atoms with E-state index in [9.17, 15) is 9.59 Å². The molecule has 0 aliphatic heterocycles. The number of benzene rings is 3. The van der Waals surface area contributed by atoms with E-state index in [1.807, 2.05) is 12.1 Å². The first kappa shape index (κ1) is 24.4. The van der Waals surface area contributed by atoms with E-state index in [2.05, 4.69) is 23.8 Å². The Kier molecular flexibility index (Phi) is 7.12. The van der Waals surface area contributed by atoms with Crippen molar-refractivity contribution in [2.24, 2.45) is 5.92 Å². The van der Waals surface area contributed by atoms with Crippen molar-refractivity contribution in [3.05, 3.63) is 87.6 Å². The van der Waals surface area contributed by atoms with Gasteiger partial charge >= 0.3 is 11.3 Å². The van der Waals surface area contributed by atoms with Crippen LogP contribution in [0.1, 0.15) is 39.5 Å². The van der Waals surface area contributed by atoms with Crippen LogP contribution in [0.3, 0.4) is 0 Å². The first-order valence-corrected chi connectivity index (χ1v) is 12.6. The molecular weight excluding hydrogens is 468 g/mol. The molecule has 3 aromatic carbocycles. The van der Waals surface area contributed by atoms with Crippen LogP contribution in [0.4, 0.5) is 0 Å². The predicted octanol–water partition coefficient (Wildman–Crippen LogP) is 6.62. The molecule has 0 bridgehead atoms. The van der Waals surface area contributed by atoms with Gasteiger partial charge in [-0.1, -0.05) is 57.4 Å². The number of ether oxygens (including phenoxy) is 1. The van der Waals surface area contributed by atoms with E-state index >= 15 is 0 Å². The molecule has 5 rings (SSSR count). The second kappa shape index (κ2) is 10.8. The predicted molar refractivity (Wildman–Crippen MR) is 144 cm³/mol. The van der Waals surface area contributed by atoms with Gasteiger partial charge < -0.3 is 13.6 Å². The van der Waals surface area contributed by atoms with Crippen molar-refractivity contribution in [3.63, 3.8) is 0 Å². The quantitative estimate of drug-likeness (QED) is 0.226. The van der Waals surface area contributed by atoms with Crippen LogP contribution < -0.4 is 16.0 Å².